The quantitative estimate of drug-likeness (QED) is 0.554. The van der Waals surface area contributed by atoms with Crippen molar-refractivity contribution in [2.75, 3.05) is 12.4 Å². The maximum absolute atomic E-state index is 4.46. The fourth-order valence-electron chi connectivity index (χ4n) is 0.768. The molecule has 1 aromatic rings. The van der Waals surface area contributed by atoms with Crippen molar-refractivity contribution in [3.8, 4) is 0 Å². The Hall–Kier alpha value is -1.32. The van der Waals surface area contributed by atoms with Crippen molar-refractivity contribution in [1.29, 1.82) is 0 Å². The highest BCUT2D eigenvalue weighted by atomic mass is 32.1. The van der Waals surface area contributed by atoms with Crippen LogP contribution in [0.1, 0.15) is 5.69 Å². The zero-order valence-corrected chi connectivity index (χ0v) is 7.64. The van der Waals surface area contributed by atoms with E-state index in [9.17, 15) is 0 Å². The first-order valence-electron chi connectivity index (χ1n) is 3.37. The van der Waals surface area contributed by atoms with Crippen LogP contribution in [-0.2, 0) is 0 Å². The van der Waals surface area contributed by atoms with Crippen LogP contribution in [0.25, 0.3) is 0 Å². The molecule has 0 unspecified atom stereocenters. The molecule has 0 atom stereocenters. The molecule has 1 rings (SSSR count). The minimum atomic E-state index is 0.529. The number of isothiocyanates is 1. The van der Waals surface area contributed by atoms with Gasteiger partial charge in [-0.25, -0.2) is 4.98 Å². The summed E-state index contributed by atoms with van der Waals surface area (Å²) >= 11 is 4.46. The molecule has 0 amide bonds. The van der Waals surface area contributed by atoms with Crippen LogP contribution >= 0.6 is 12.2 Å². The number of hydrogen-bond donors (Lipinski definition) is 1. The second kappa shape index (κ2) is 3.90. The lowest BCUT2D eigenvalue weighted by Gasteiger charge is -1.99. The van der Waals surface area contributed by atoms with Crippen LogP contribution in [-0.4, -0.2) is 22.2 Å². The molecule has 0 radical (unpaired) electrons. The molecule has 1 aromatic heterocycles. The average Bonchev–Trinajstić information content (AvgIpc) is 2.04. The third-order valence-electron chi connectivity index (χ3n) is 1.22. The fourth-order valence-corrected chi connectivity index (χ4v) is 0.861. The molecular weight excluding hydrogens is 172 g/mol. The molecule has 62 valence electrons. The van der Waals surface area contributed by atoms with Crippen molar-refractivity contribution in [2.24, 2.45) is 4.99 Å². The van der Waals surface area contributed by atoms with E-state index in [0.29, 0.717) is 11.8 Å². The number of anilines is 1. The molecule has 4 nitrogen and oxygen atoms in total. The van der Waals surface area contributed by atoms with Gasteiger partial charge in [-0.2, -0.15) is 9.98 Å². The van der Waals surface area contributed by atoms with Gasteiger partial charge in [0.05, 0.1) is 5.16 Å². The Morgan fingerprint density at radius 2 is 2.33 bits per heavy atom. The molecule has 0 fully saturated rings. The predicted molar refractivity (Wildman–Crippen MR) is 51.0 cm³/mol. The monoisotopic (exact) mass is 180 g/mol. The molecule has 0 aliphatic rings. The number of nitrogens with zero attached hydrogens (tertiary/aromatic N) is 3. The molecule has 0 aromatic carbocycles. The molecular formula is C7H8N4S. The lowest BCUT2D eigenvalue weighted by Crippen LogP contribution is -1.96. The van der Waals surface area contributed by atoms with Crippen molar-refractivity contribution < 1.29 is 0 Å². The SMILES string of the molecule is CNc1nc(C)cc(N=C=S)n1. The molecule has 0 saturated heterocycles. The highest BCUT2D eigenvalue weighted by Crippen LogP contribution is 2.10. The minimum absolute atomic E-state index is 0.529. The summed E-state index contributed by atoms with van der Waals surface area (Å²) in [4.78, 5) is 11.9. The Balaban J connectivity index is 3.14. The Bertz CT molecular complexity index is 330. The third kappa shape index (κ3) is 2.08. The zero-order chi connectivity index (χ0) is 8.97. The van der Waals surface area contributed by atoms with E-state index in [-0.39, 0.29) is 0 Å². The molecule has 0 bridgehead atoms. The highest BCUT2D eigenvalue weighted by Gasteiger charge is 1.97. The van der Waals surface area contributed by atoms with Crippen molar-refractivity contribution in [3.63, 3.8) is 0 Å². The predicted octanol–water partition coefficient (Wildman–Crippen LogP) is 1.56. The van der Waals surface area contributed by atoms with Crippen molar-refractivity contribution in [3.05, 3.63) is 11.8 Å². The van der Waals surface area contributed by atoms with E-state index in [4.69, 9.17) is 0 Å². The van der Waals surface area contributed by atoms with Crippen LogP contribution in [0.2, 0.25) is 0 Å². The second-order valence-electron chi connectivity index (χ2n) is 2.14. The third-order valence-corrected chi connectivity index (χ3v) is 1.32. The van der Waals surface area contributed by atoms with Crippen LogP contribution in [0.3, 0.4) is 0 Å². The molecule has 1 N–H and O–H groups in total. The summed E-state index contributed by atoms with van der Waals surface area (Å²) in [6, 6.07) is 1.74. The van der Waals surface area contributed by atoms with E-state index < -0.39 is 0 Å². The summed E-state index contributed by atoms with van der Waals surface area (Å²) in [7, 11) is 1.75. The van der Waals surface area contributed by atoms with Crippen LogP contribution in [0.5, 0.6) is 0 Å². The van der Waals surface area contributed by atoms with Gasteiger partial charge in [0.1, 0.15) is 0 Å². The van der Waals surface area contributed by atoms with Gasteiger partial charge in [-0.15, -0.1) is 0 Å². The molecule has 0 aliphatic heterocycles. The first kappa shape index (κ1) is 8.77. The molecule has 0 aliphatic carbocycles. The lowest BCUT2D eigenvalue weighted by molar-refractivity contribution is 1.09. The smallest absolute Gasteiger partial charge is 0.224 e. The first-order chi connectivity index (χ1) is 5.76. The number of hydrogen-bond acceptors (Lipinski definition) is 5. The highest BCUT2D eigenvalue weighted by molar-refractivity contribution is 7.78. The van der Waals surface area contributed by atoms with E-state index in [1.54, 1.807) is 13.1 Å². The number of aliphatic imine (C=N–C) groups is 1. The van der Waals surface area contributed by atoms with Gasteiger partial charge in [0, 0.05) is 18.8 Å². The van der Waals surface area contributed by atoms with Gasteiger partial charge in [-0.1, -0.05) is 0 Å². The lowest BCUT2D eigenvalue weighted by atomic mass is 10.4. The van der Waals surface area contributed by atoms with E-state index in [0.717, 1.165) is 5.69 Å². The maximum atomic E-state index is 4.46. The van der Waals surface area contributed by atoms with Gasteiger partial charge < -0.3 is 5.32 Å². The topological polar surface area (TPSA) is 50.2 Å². The summed E-state index contributed by atoms with van der Waals surface area (Å²) in [6.07, 6.45) is 0. The number of thiocarbonyl (C=S) groups is 1. The standard InChI is InChI=1S/C7H8N4S/c1-5-3-6(9-4-12)11-7(8-2)10-5/h3H,1-2H3,(H,8,10,11). The Kier molecular flexibility index (Phi) is 2.85. The minimum Gasteiger partial charge on any atom is -0.357 e. The number of aryl methyl sites for hydroxylation is 1. The Labute approximate surface area is 75.8 Å². The van der Waals surface area contributed by atoms with Gasteiger partial charge >= 0.3 is 0 Å². The summed E-state index contributed by atoms with van der Waals surface area (Å²) in [5.74, 6) is 1.07. The van der Waals surface area contributed by atoms with E-state index in [1.807, 2.05) is 6.92 Å². The largest absolute Gasteiger partial charge is 0.357 e. The summed E-state index contributed by atoms with van der Waals surface area (Å²) in [5.41, 5.74) is 0.846. The normalized spacial score (nSPS) is 8.83. The van der Waals surface area contributed by atoms with E-state index >= 15 is 0 Å². The average molecular weight is 180 g/mol. The molecule has 0 saturated carbocycles. The van der Waals surface area contributed by atoms with E-state index in [1.165, 1.54) is 0 Å². The van der Waals surface area contributed by atoms with Crippen molar-refractivity contribution >= 4 is 29.1 Å². The van der Waals surface area contributed by atoms with Crippen LogP contribution < -0.4 is 5.32 Å². The molecule has 1 heterocycles. The maximum Gasteiger partial charge on any atom is 0.224 e. The molecule has 12 heavy (non-hydrogen) atoms. The molecule has 5 heteroatoms. The molecule has 0 spiro atoms. The van der Waals surface area contributed by atoms with Gasteiger partial charge in [-0.05, 0) is 19.1 Å². The summed E-state index contributed by atoms with van der Waals surface area (Å²) in [5, 5.41) is 5.08. The van der Waals surface area contributed by atoms with E-state index in [2.05, 4.69) is 37.7 Å². The second-order valence-corrected chi connectivity index (χ2v) is 2.33. The van der Waals surface area contributed by atoms with Gasteiger partial charge in [0.2, 0.25) is 5.95 Å². The van der Waals surface area contributed by atoms with Crippen molar-refractivity contribution in [2.45, 2.75) is 6.92 Å². The fraction of sp³-hybridized carbons (Fsp3) is 0.286. The number of nitrogens with one attached hydrogen (secondary N) is 1. The Morgan fingerprint density at radius 1 is 1.58 bits per heavy atom. The van der Waals surface area contributed by atoms with Crippen molar-refractivity contribution in [1.82, 2.24) is 9.97 Å². The Morgan fingerprint density at radius 3 is 2.92 bits per heavy atom. The number of rotatable bonds is 2. The number of aromatic nitrogens is 2. The van der Waals surface area contributed by atoms with Gasteiger partial charge in [0.15, 0.2) is 5.82 Å². The summed E-state index contributed by atoms with van der Waals surface area (Å²) < 4.78 is 0. The summed E-state index contributed by atoms with van der Waals surface area (Å²) in [6.45, 7) is 1.87. The van der Waals surface area contributed by atoms with Crippen LogP contribution in [0.15, 0.2) is 11.1 Å². The first-order valence-corrected chi connectivity index (χ1v) is 3.78. The van der Waals surface area contributed by atoms with Crippen LogP contribution in [0, 0.1) is 6.92 Å². The van der Waals surface area contributed by atoms with Gasteiger partial charge in [-0.3, -0.25) is 0 Å². The van der Waals surface area contributed by atoms with Gasteiger partial charge in [0.25, 0.3) is 0 Å². The van der Waals surface area contributed by atoms with Crippen LogP contribution in [0.4, 0.5) is 11.8 Å². The zero-order valence-electron chi connectivity index (χ0n) is 6.83.